The van der Waals surface area contributed by atoms with Gasteiger partial charge in [0.2, 0.25) is 0 Å². The van der Waals surface area contributed by atoms with Gasteiger partial charge in [0.15, 0.2) is 17.3 Å². The summed E-state index contributed by atoms with van der Waals surface area (Å²) in [6.07, 6.45) is -1.04. The SMILES string of the molecule is Cc1cnc(-c2nc3c(c(C(F)(F)F)n2)CNCC3)nc1. The number of nitrogens with zero attached hydrogens (tertiary/aromatic N) is 4. The Morgan fingerprint density at radius 1 is 1.10 bits per heavy atom. The Labute approximate surface area is 118 Å². The third-order valence-corrected chi connectivity index (χ3v) is 3.18. The highest BCUT2D eigenvalue weighted by Crippen LogP contribution is 2.33. The molecule has 1 aliphatic rings. The van der Waals surface area contributed by atoms with E-state index in [-0.39, 0.29) is 23.8 Å². The Hall–Kier alpha value is -2.09. The molecule has 2 aromatic heterocycles. The van der Waals surface area contributed by atoms with E-state index >= 15 is 0 Å². The van der Waals surface area contributed by atoms with Crippen molar-refractivity contribution in [3.05, 3.63) is 34.9 Å². The number of halogens is 3. The second kappa shape index (κ2) is 5.03. The van der Waals surface area contributed by atoms with E-state index in [9.17, 15) is 13.2 Å². The average Bonchev–Trinajstić information content (AvgIpc) is 2.46. The van der Waals surface area contributed by atoms with Crippen LogP contribution in [0, 0.1) is 6.92 Å². The first-order valence-electron chi connectivity index (χ1n) is 6.42. The van der Waals surface area contributed by atoms with Crippen molar-refractivity contribution >= 4 is 0 Å². The molecule has 1 N–H and O–H groups in total. The standard InChI is InChI=1S/C13H12F3N5/c1-7-4-18-11(19-5-7)12-20-9-2-3-17-6-8(9)10(21-12)13(14,15)16/h4-5,17H,2-3,6H2,1H3. The summed E-state index contributed by atoms with van der Waals surface area (Å²) in [5.41, 5.74) is 0.440. The van der Waals surface area contributed by atoms with Crippen molar-refractivity contribution in [3.8, 4) is 11.6 Å². The average molecular weight is 295 g/mol. The zero-order chi connectivity index (χ0) is 15.0. The van der Waals surface area contributed by atoms with Gasteiger partial charge in [-0.25, -0.2) is 19.9 Å². The Bertz CT molecular complexity index is 667. The van der Waals surface area contributed by atoms with Gasteiger partial charge >= 0.3 is 6.18 Å². The first-order chi connectivity index (χ1) is 9.95. The van der Waals surface area contributed by atoms with Crippen LogP contribution in [-0.4, -0.2) is 26.5 Å². The van der Waals surface area contributed by atoms with Gasteiger partial charge in [-0.3, -0.25) is 0 Å². The van der Waals surface area contributed by atoms with Crippen LogP contribution in [0.3, 0.4) is 0 Å². The van der Waals surface area contributed by atoms with E-state index in [1.54, 1.807) is 6.92 Å². The lowest BCUT2D eigenvalue weighted by atomic mass is 10.0. The van der Waals surface area contributed by atoms with Crippen molar-refractivity contribution in [3.63, 3.8) is 0 Å². The number of aryl methyl sites for hydroxylation is 1. The minimum Gasteiger partial charge on any atom is -0.312 e. The van der Waals surface area contributed by atoms with Crippen LogP contribution in [0.5, 0.6) is 0 Å². The van der Waals surface area contributed by atoms with Gasteiger partial charge in [-0.2, -0.15) is 13.2 Å². The highest BCUT2D eigenvalue weighted by Gasteiger charge is 2.38. The fraction of sp³-hybridized carbons (Fsp3) is 0.385. The van der Waals surface area contributed by atoms with Gasteiger partial charge in [-0.1, -0.05) is 0 Å². The van der Waals surface area contributed by atoms with Crippen LogP contribution in [0.25, 0.3) is 11.6 Å². The number of hydrogen-bond acceptors (Lipinski definition) is 5. The molecule has 1 aliphatic heterocycles. The molecule has 0 bridgehead atoms. The molecule has 0 radical (unpaired) electrons. The summed E-state index contributed by atoms with van der Waals surface area (Å²) in [4.78, 5) is 15.9. The molecule has 110 valence electrons. The summed E-state index contributed by atoms with van der Waals surface area (Å²) in [6, 6.07) is 0. The fourth-order valence-corrected chi connectivity index (χ4v) is 2.19. The first-order valence-corrected chi connectivity index (χ1v) is 6.42. The summed E-state index contributed by atoms with van der Waals surface area (Å²) in [7, 11) is 0. The summed E-state index contributed by atoms with van der Waals surface area (Å²) in [5, 5.41) is 2.91. The summed E-state index contributed by atoms with van der Waals surface area (Å²) in [5.74, 6) is 0.0235. The van der Waals surface area contributed by atoms with Crippen molar-refractivity contribution in [1.29, 1.82) is 0 Å². The van der Waals surface area contributed by atoms with E-state index < -0.39 is 11.9 Å². The topological polar surface area (TPSA) is 63.6 Å². The van der Waals surface area contributed by atoms with Crippen molar-refractivity contribution in [2.45, 2.75) is 26.1 Å². The molecule has 0 atom stereocenters. The number of rotatable bonds is 1. The van der Waals surface area contributed by atoms with Gasteiger partial charge in [0.05, 0.1) is 5.69 Å². The molecular formula is C13H12F3N5. The Kier molecular flexibility index (Phi) is 3.32. The Morgan fingerprint density at radius 2 is 1.81 bits per heavy atom. The zero-order valence-electron chi connectivity index (χ0n) is 11.2. The van der Waals surface area contributed by atoms with Gasteiger partial charge in [0.25, 0.3) is 0 Å². The van der Waals surface area contributed by atoms with Gasteiger partial charge < -0.3 is 5.32 Å². The Balaban J connectivity index is 2.16. The van der Waals surface area contributed by atoms with E-state index in [1.165, 1.54) is 12.4 Å². The van der Waals surface area contributed by atoms with Crippen LogP contribution >= 0.6 is 0 Å². The number of aromatic nitrogens is 4. The molecule has 0 aromatic carbocycles. The molecule has 0 aliphatic carbocycles. The van der Waals surface area contributed by atoms with E-state index in [0.717, 1.165) is 5.56 Å². The van der Waals surface area contributed by atoms with Gasteiger partial charge in [-0.05, 0) is 12.5 Å². The highest BCUT2D eigenvalue weighted by molar-refractivity contribution is 5.46. The van der Waals surface area contributed by atoms with Crippen LogP contribution in [0.2, 0.25) is 0 Å². The lowest BCUT2D eigenvalue weighted by molar-refractivity contribution is -0.142. The van der Waals surface area contributed by atoms with E-state index in [2.05, 4.69) is 25.3 Å². The highest BCUT2D eigenvalue weighted by atomic mass is 19.4. The lowest BCUT2D eigenvalue weighted by Crippen LogP contribution is -2.29. The van der Waals surface area contributed by atoms with Crippen LogP contribution in [0.1, 0.15) is 22.5 Å². The molecule has 0 unspecified atom stereocenters. The zero-order valence-corrected chi connectivity index (χ0v) is 11.2. The molecule has 3 heterocycles. The summed E-state index contributed by atoms with van der Waals surface area (Å²) in [6.45, 7) is 2.51. The second-order valence-corrected chi connectivity index (χ2v) is 4.83. The van der Waals surface area contributed by atoms with Crippen LogP contribution in [0.15, 0.2) is 12.4 Å². The van der Waals surface area contributed by atoms with Crippen molar-refractivity contribution in [1.82, 2.24) is 25.3 Å². The van der Waals surface area contributed by atoms with Gasteiger partial charge in [0.1, 0.15) is 0 Å². The molecule has 2 aromatic rings. The Morgan fingerprint density at radius 3 is 2.48 bits per heavy atom. The summed E-state index contributed by atoms with van der Waals surface area (Å²) < 4.78 is 39.5. The van der Waals surface area contributed by atoms with Crippen molar-refractivity contribution in [2.24, 2.45) is 0 Å². The predicted octanol–water partition coefficient (Wildman–Crippen LogP) is 1.91. The van der Waals surface area contributed by atoms with Crippen molar-refractivity contribution in [2.75, 3.05) is 6.54 Å². The maximum absolute atomic E-state index is 13.2. The third kappa shape index (κ3) is 2.71. The maximum Gasteiger partial charge on any atom is 0.433 e. The normalized spacial score (nSPS) is 14.9. The molecule has 3 rings (SSSR count). The molecule has 0 fully saturated rings. The number of fused-ring (bicyclic) bond motifs is 1. The van der Waals surface area contributed by atoms with Crippen LogP contribution < -0.4 is 5.32 Å². The largest absolute Gasteiger partial charge is 0.433 e. The molecule has 8 heteroatoms. The van der Waals surface area contributed by atoms with Crippen molar-refractivity contribution < 1.29 is 13.2 Å². The number of nitrogens with one attached hydrogen (secondary N) is 1. The third-order valence-electron chi connectivity index (χ3n) is 3.18. The minimum absolute atomic E-state index is 0.0806. The molecular weight excluding hydrogens is 283 g/mol. The van der Waals surface area contributed by atoms with Crippen LogP contribution in [-0.2, 0) is 19.1 Å². The van der Waals surface area contributed by atoms with Gasteiger partial charge in [0, 0.05) is 37.5 Å². The quantitative estimate of drug-likeness (QED) is 0.870. The lowest BCUT2D eigenvalue weighted by Gasteiger charge is -2.20. The van der Waals surface area contributed by atoms with Gasteiger partial charge in [-0.15, -0.1) is 0 Å². The molecule has 5 nitrogen and oxygen atoms in total. The second-order valence-electron chi connectivity index (χ2n) is 4.83. The summed E-state index contributed by atoms with van der Waals surface area (Å²) >= 11 is 0. The fourth-order valence-electron chi connectivity index (χ4n) is 2.19. The molecule has 0 spiro atoms. The molecule has 21 heavy (non-hydrogen) atoms. The maximum atomic E-state index is 13.2. The van der Waals surface area contributed by atoms with E-state index in [0.29, 0.717) is 18.7 Å². The van der Waals surface area contributed by atoms with E-state index in [4.69, 9.17) is 0 Å². The first kappa shape index (κ1) is 13.9. The van der Waals surface area contributed by atoms with Crippen LogP contribution in [0.4, 0.5) is 13.2 Å². The number of alkyl halides is 3. The smallest absolute Gasteiger partial charge is 0.312 e. The monoisotopic (exact) mass is 295 g/mol. The van der Waals surface area contributed by atoms with E-state index in [1.807, 2.05) is 0 Å². The number of hydrogen-bond donors (Lipinski definition) is 1. The molecule has 0 amide bonds. The minimum atomic E-state index is -4.52. The predicted molar refractivity (Wildman–Crippen MR) is 68.2 cm³/mol. The molecule has 0 saturated carbocycles. The molecule has 0 saturated heterocycles.